The van der Waals surface area contributed by atoms with Crippen molar-refractivity contribution >= 4 is 5.96 Å². The number of hydrogen-bond acceptors (Lipinski definition) is 5. The van der Waals surface area contributed by atoms with Crippen LogP contribution in [-0.2, 0) is 11.3 Å². The molecule has 7 nitrogen and oxygen atoms in total. The van der Waals surface area contributed by atoms with Crippen LogP contribution in [0.25, 0.3) is 0 Å². The number of benzene rings is 1. The molecule has 1 aromatic carbocycles. The van der Waals surface area contributed by atoms with Crippen molar-refractivity contribution in [3.63, 3.8) is 0 Å². The van der Waals surface area contributed by atoms with E-state index >= 15 is 0 Å². The normalized spacial score (nSPS) is 15.8. The summed E-state index contributed by atoms with van der Waals surface area (Å²) in [4.78, 5) is 9.12. The Kier molecular flexibility index (Phi) is 8.50. The number of methoxy groups -OCH3 is 2. The maximum absolute atomic E-state index is 5.49. The zero-order valence-corrected chi connectivity index (χ0v) is 16.5. The van der Waals surface area contributed by atoms with Gasteiger partial charge in [-0.25, -0.2) is 0 Å². The summed E-state index contributed by atoms with van der Waals surface area (Å²) in [6.45, 7) is 8.93. The van der Waals surface area contributed by atoms with Crippen molar-refractivity contribution in [2.75, 3.05) is 67.2 Å². The molecule has 0 spiro atoms. The van der Waals surface area contributed by atoms with Crippen molar-refractivity contribution in [1.82, 2.24) is 15.1 Å². The molecule has 0 radical (unpaired) electrons. The first kappa shape index (κ1) is 20.3. The highest BCUT2D eigenvalue weighted by atomic mass is 16.5. The second-order valence-corrected chi connectivity index (χ2v) is 6.11. The van der Waals surface area contributed by atoms with Gasteiger partial charge >= 0.3 is 0 Å². The zero-order chi connectivity index (χ0) is 18.8. The third kappa shape index (κ3) is 5.78. The number of nitrogens with one attached hydrogen (secondary N) is 1. The van der Waals surface area contributed by atoms with E-state index in [0.717, 1.165) is 68.9 Å². The monoisotopic (exact) mass is 364 g/mol. The molecule has 1 aromatic rings. The van der Waals surface area contributed by atoms with Crippen molar-refractivity contribution < 1.29 is 14.2 Å². The molecule has 0 aromatic heterocycles. The highest BCUT2D eigenvalue weighted by Crippen LogP contribution is 2.25. The van der Waals surface area contributed by atoms with Crippen LogP contribution in [0.1, 0.15) is 12.5 Å². The number of rotatable bonds is 8. The number of piperazine rings is 1. The fourth-order valence-electron chi connectivity index (χ4n) is 3.08. The molecule has 1 N–H and O–H groups in total. The first-order valence-corrected chi connectivity index (χ1v) is 9.18. The molecule has 0 atom stereocenters. The summed E-state index contributed by atoms with van der Waals surface area (Å²) in [7, 11) is 5.23. The Balaban J connectivity index is 1.86. The van der Waals surface area contributed by atoms with Crippen LogP contribution in [-0.4, -0.2) is 83.0 Å². The minimum absolute atomic E-state index is 0.700. The van der Waals surface area contributed by atoms with Crippen molar-refractivity contribution in [3.8, 4) is 11.5 Å². The molecule has 146 valence electrons. The lowest BCUT2D eigenvalue weighted by atomic mass is 10.1. The van der Waals surface area contributed by atoms with Crippen LogP contribution in [0, 0.1) is 0 Å². The first-order chi connectivity index (χ1) is 12.7. The molecular weight excluding hydrogens is 332 g/mol. The average molecular weight is 364 g/mol. The van der Waals surface area contributed by atoms with E-state index in [1.807, 2.05) is 26.1 Å². The van der Waals surface area contributed by atoms with E-state index in [9.17, 15) is 0 Å². The Hall–Kier alpha value is -1.99. The van der Waals surface area contributed by atoms with E-state index in [1.165, 1.54) is 0 Å². The van der Waals surface area contributed by atoms with Gasteiger partial charge in [-0.1, -0.05) is 0 Å². The minimum Gasteiger partial charge on any atom is -0.497 e. The Morgan fingerprint density at radius 3 is 2.54 bits per heavy atom. The number of hydrogen-bond donors (Lipinski definition) is 1. The lowest BCUT2D eigenvalue weighted by Gasteiger charge is -2.36. The second kappa shape index (κ2) is 10.9. The molecule has 2 rings (SSSR count). The van der Waals surface area contributed by atoms with Gasteiger partial charge in [0.1, 0.15) is 11.5 Å². The summed E-state index contributed by atoms with van der Waals surface area (Å²) < 4.78 is 16.2. The van der Waals surface area contributed by atoms with Crippen LogP contribution >= 0.6 is 0 Å². The van der Waals surface area contributed by atoms with E-state index in [2.05, 4.69) is 26.2 Å². The smallest absolute Gasteiger partial charge is 0.193 e. The number of ether oxygens (including phenoxy) is 3. The summed E-state index contributed by atoms with van der Waals surface area (Å²) in [5.74, 6) is 2.71. The predicted octanol–water partition coefficient (Wildman–Crippen LogP) is 1.43. The molecule has 0 unspecified atom stereocenters. The predicted molar refractivity (Wildman–Crippen MR) is 104 cm³/mol. The van der Waals surface area contributed by atoms with Crippen LogP contribution in [0.4, 0.5) is 0 Å². The number of nitrogens with zero attached hydrogens (tertiary/aromatic N) is 3. The summed E-state index contributed by atoms with van der Waals surface area (Å²) in [5.41, 5.74) is 1.15. The van der Waals surface area contributed by atoms with Crippen LogP contribution in [0.2, 0.25) is 0 Å². The lowest BCUT2D eigenvalue weighted by molar-refractivity contribution is 0.149. The lowest BCUT2D eigenvalue weighted by Crippen LogP contribution is -2.52. The standard InChI is InChI=1S/C19H32N4O3/c1-5-26-13-8-21-19(20-2)23-11-9-22(10-12-23)15-16-14-17(24-3)6-7-18(16)25-4/h6-7,14H,5,8-13,15H2,1-4H3,(H,20,21). The summed E-state index contributed by atoms with van der Waals surface area (Å²) in [6, 6.07) is 5.95. The number of aliphatic imine (C=N–C) groups is 1. The van der Waals surface area contributed by atoms with Gasteiger partial charge in [-0.05, 0) is 25.1 Å². The van der Waals surface area contributed by atoms with Crippen molar-refractivity contribution in [2.45, 2.75) is 13.5 Å². The van der Waals surface area contributed by atoms with E-state index in [4.69, 9.17) is 14.2 Å². The molecule has 1 heterocycles. The van der Waals surface area contributed by atoms with Gasteiger partial charge in [0.05, 0.1) is 20.8 Å². The fourth-order valence-corrected chi connectivity index (χ4v) is 3.08. The minimum atomic E-state index is 0.700. The summed E-state index contributed by atoms with van der Waals surface area (Å²) in [5, 5.41) is 3.37. The van der Waals surface area contributed by atoms with Crippen molar-refractivity contribution in [3.05, 3.63) is 23.8 Å². The Morgan fingerprint density at radius 1 is 1.15 bits per heavy atom. The maximum Gasteiger partial charge on any atom is 0.193 e. The molecule has 0 amide bonds. The average Bonchev–Trinajstić information content (AvgIpc) is 2.69. The molecule has 26 heavy (non-hydrogen) atoms. The largest absolute Gasteiger partial charge is 0.497 e. The van der Waals surface area contributed by atoms with Crippen molar-refractivity contribution in [1.29, 1.82) is 0 Å². The first-order valence-electron chi connectivity index (χ1n) is 9.18. The zero-order valence-electron chi connectivity index (χ0n) is 16.5. The Bertz CT molecular complexity index is 572. The maximum atomic E-state index is 5.49. The van der Waals surface area contributed by atoms with Crippen LogP contribution < -0.4 is 14.8 Å². The van der Waals surface area contributed by atoms with Gasteiger partial charge in [0, 0.05) is 58.5 Å². The van der Waals surface area contributed by atoms with E-state index in [0.29, 0.717) is 6.61 Å². The van der Waals surface area contributed by atoms with Gasteiger partial charge in [0.2, 0.25) is 0 Å². The third-order valence-electron chi connectivity index (χ3n) is 4.50. The highest BCUT2D eigenvalue weighted by molar-refractivity contribution is 5.80. The SMILES string of the molecule is CCOCCNC(=NC)N1CCN(Cc2cc(OC)ccc2OC)CC1. The van der Waals surface area contributed by atoms with Crippen LogP contribution in [0.15, 0.2) is 23.2 Å². The third-order valence-corrected chi connectivity index (χ3v) is 4.50. The van der Waals surface area contributed by atoms with Gasteiger partial charge in [-0.15, -0.1) is 0 Å². The van der Waals surface area contributed by atoms with Gasteiger partial charge in [-0.3, -0.25) is 9.89 Å². The molecule has 0 bridgehead atoms. The summed E-state index contributed by atoms with van der Waals surface area (Å²) in [6.07, 6.45) is 0. The molecule has 0 saturated carbocycles. The molecule has 7 heteroatoms. The topological polar surface area (TPSA) is 58.6 Å². The van der Waals surface area contributed by atoms with Gasteiger partial charge in [-0.2, -0.15) is 0 Å². The van der Waals surface area contributed by atoms with E-state index < -0.39 is 0 Å². The molecule has 1 aliphatic heterocycles. The Morgan fingerprint density at radius 2 is 1.92 bits per heavy atom. The number of guanidine groups is 1. The van der Waals surface area contributed by atoms with Crippen LogP contribution in [0.5, 0.6) is 11.5 Å². The van der Waals surface area contributed by atoms with Crippen LogP contribution in [0.3, 0.4) is 0 Å². The second-order valence-electron chi connectivity index (χ2n) is 6.11. The van der Waals surface area contributed by atoms with Gasteiger partial charge in [0.25, 0.3) is 0 Å². The van der Waals surface area contributed by atoms with E-state index in [-0.39, 0.29) is 0 Å². The molecule has 0 aliphatic carbocycles. The highest BCUT2D eigenvalue weighted by Gasteiger charge is 2.20. The molecular formula is C19H32N4O3. The van der Waals surface area contributed by atoms with Crippen molar-refractivity contribution in [2.24, 2.45) is 4.99 Å². The Labute approximate surface area is 156 Å². The molecule has 1 saturated heterocycles. The van der Waals surface area contributed by atoms with Gasteiger partial charge < -0.3 is 24.4 Å². The molecule has 1 aliphatic rings. The van der Waals surface area contributed by atoms with Gasteiger partial charge in [0.15, 0.2) is 5.96 Å². The fraction of sp³-hybridized carbons (Fsp3) is 0.632. The molecule has 1 fully saturated rings. The van der Waals surface area contributed by atoms with E-state index in [1.54, 1.807) is 14.2 Å². The quantitative estimate of drug-likeness (QED) is 0.428. The summed E-state index contributed by atoms with van der Waals surface area (Å²) >= 11 is 0.